The maximum Gasteiger partial charge on any atom is 0.243 e. The van der Waals surface area contributed by atoms with Crippen LogP contribution in [-0.4, -0.2) is 14.7 Å². The third-order valence-corrected chi connectivity index (χ3v) is 1.93. The highest BCUT2D eigenvalue weighted by molar-refractivity contribution is 5.51. The van der Waals surface area contributed by atoms with Gasteiger partial charge in [0, 0.05) is 31.3 Å². The van der Waals surface area contributed by atoms with E-state index < -0.39 is 4.92 Å². The van der Waals surface area contributed by atoms with E-state index in [4.69, 9.17) is 0 Å². The molecule has 0 bridgehead atoms. The highest BCUT2D eigenvalue weighted by atomic mass is 16.6. The van der Waals surface area contributed by atoms with Crippen LogP contribution in [0.3, 0.4) is 0 Å². The molecule has 0 saturated heterocycles. The molecule has 0 amide bonds. The van der Waals surface area contributed by atoms with Gasteiger partial charge in [-0.2, -0.15) is 5.10 Å². The first-order valence-corrected chi connectivity index (χ1v) is 3.83. The topological polar surface area (TPSA) is 61.0 Å². The summed E-state index contributed by atoms with van der Waals surface area (Å²) in [5.41, 5.74) is 1.83. The molecule has 0 spiro atoms. The Morgan fingerprint density at radius 2 is 2.38 bits per heavy atom. The molecule has 0 aliphatic heterocycles. The fraction of sp³-hybridized carbons (Fsp3) is 0.375. The van der Waals surface area contributed by atoms with Crippen LogP contribution in [0.2, 0.25) is 0 Å². The van der Waals surface area contributed by atoms with Gasteiger partial charge in [-0.05, 0) is 6.92 Å². The highest BCUT2D eigenvalue weighted by Crippen LogP contribution is 2.10. The summed E-state index contributed by atoms with van der Waals surface area (Å²) in [5.74, 6) is 0. The Bertz CT molecular complexity index is 365. The van der Waals surface area contributed by atoms with Crippen molar-refractivity contribution in [1.29, 1.82) is 0 Å². The largest absolute Gasteiger partial charge is 0.272 e. The van der Waals surface area contributed by atoms with E-state index >= 15 is 0 Å². The molecule has 0 radical (unpaired) electrons. The zero-order chi connectivity index (χ0) is 10.0. The molecule has 0 unspecified atom stereocenters. The van der Waals surface area contributed by atoms with Gasteiger partial charge in [0.1, 0.15) is 0 Å². The molecule has 0 fully saturated rings. The van der Waals surface area contributed by atoms with Crippen molar-refractivity contribution in [3.8, 4) is 0 Å². The summed E-state index contributed by atoms with van der Waals surface area (Å²) in [7, 11) is 1.80. The lowest BCUT2D eigenvalue weighted by atomic mass is 10.2. The Labute approximate surface area is 75.8 Å². The molecule has 70 valence electrons. The van der Waals surface area contributed by atoms with E-state index in [1.165, 1.54) is 13.0 Å². The second kappa shape index (κ2) is 3.38. The second-order valence-electron chi connectivity index (χ2n) is 2.85. The lowest BCUT2D eigenvalue weighted by Crippen LogP contribution is -1.95. The van der Waals surface area contributed by atoms with E-state index in [9.17, 15) is 10.1 Å². The Hall–Kier alpha value is -1.65. The van der Waals surface area contributed by atoms with Crippen molar-refractivity contribution in [1.82, 2.24) is 9.78 Å². The third-order valence-electron chi connectivity index (χ3n) is 1.93. The maximum absolute atomic E-state index is 10.3. The van der Waals surface area contributed by atoms with E-state index in [-0.39, 0.29) is 5.70 Å². The van der Waals surface area contributed by atoms with Crippen molar-refractivity contribution in [2.24, 2.45) is 7.05 Å². The molecule has 1 aromatic heterocycles. The van der Waals surface area contributed by atoms with Crippen molar-refractivity contribution in [2.75, 3.05) is 0 Å². The van der Waals surface area contributed by atoms with Crippen LogP contribution in [0, 0.1) is 17.0 Å². The summed E-state index contributed by atoms with van der Waals surface area (Å²) in [6.07, 6.45) is 3.13. The number of aromatic nitrogens is 2. The molecule has 5 nitrogen and oxygen atoms in total. The van der Waals surface area contributed by atoms with Crippen LogP contribution in [0.25, 0.3) is 6.08 Å². The van der Waals surface area contributed by atoms with Crippen molar-refractivity contribution >= 4 is 6.08 Å². The van der Waals surface area contributed by atoms with E-state index in [1.54, 1.807) is 17.9 Å². The molecule has 1 aromatic rings. The minimum Gasteiger partial charge on any atom is -0.272 e. The summed E-state index contributed by atoms with van der Waals surface area (Å²) >= 11 is 0. The molecular weight excluding hydrogens is 170 g/mol. The molecule has 0 N–H and O–H groups in total. The average Bonchev–Trinajstić information content (AvgIpc) is 2.36. The van der Waals surface area contributed by atoms with Crippen LogP contribution < -0.4 is 0 Å². The molecule has 5 heteroatoms. The summed E-state index contributed by atoms with van der Waals surface area (Å²) in [5, 5.41) is 14.3. The molecule has 0 atom stereocenters. The molecule has 1 heterocycles. The zero-order valence-corrected chi connectivity index (χ0v) is 7.81. The minimum absolute atomic E-state index is 0.121. The summed E-state index contributed by atoms with van der Waals surface area (Å²) in [6.45, 7) is 3.33. The molecule has 1 rings (SSSR count). The van der Waals surface area contributed by atoms with E-state index in [2.05, 4.69) is 5.10 Å². The van der Waals surface area contributed by atoms with Crippen molar-refractivity contribution in [3.63, 3.8) is 0 Å². The molecule has 0 aliphatic carbocycles. The van der Waals surface area contributed by atoms with Gasteiger partial charge >= 0.3 is 0 Å². The Morgan fingerprint density at radius 3 is 2.77 bits per heavy atom. The first kappa shape index (κ1) is 9.44. The van der Waals surface area contributed by atoms with Crippen LogP contribution in [-0.2, 0) is 7.05 Å². The molecule has 0 saturated carbocycles. The smallest absolute Gasteiger partial charge is 0.243 e. The van der Waals surface area contributed by atoms with Gasteiger partial charge < -0.3 is 0 Å². The normalized spacial score (nSPS) is 11.8. The monoisotopic (exact) mass is 181 g/mol. The Kier molecular flexibility index (Phi) is 2.46. The van der Waals surface area contributed by atoms with E-state index in [0.717, 1.165) is 11.3 Å². The summed E-state index contributed by atoms with van der Waals surface area (Å²) < 4.78 is 1.68. The Balaban J connectivity index is 3.04. The van der Waals surface area contributed by atoms with Crippen molar-refractivity contribution < 1.29 is 4.92 Å². The van der Waals surface area contributed by atoms with Crippen LogP contribution in [0.1, 0.15) is 18.2 Å². The second-order valence-corrected chi connectivity index (χ2v) is 2.85. The van der Waals surface area contributed by atoms with Crippen LogP contribution >= 0.6 is 0 Å². The first-order valence-electron chi connectivity index (χ1n) is 3.83. The fourth-order valence-corrected chi connectivity index (χ4v) is 0.935. The van der Waals surface area contributed by atoms with Crippen LogP contribution in [0.4, 0.5) is 0 Å². The molecular formula is C8H11N3O2. The number of nitro groups is 1. The average molecular weight is 181 g/mol. The first-order chi connectivity index (χ1) is 6.02. The standard InChI is InChI=1S/C8H11N3O2/c1-6(11(12)13)4-8-5-9-10(3)7(8)2/h4-5H,1-3H3/b6-4+. The van der Waals surface area contributed by atoms with Gasteiger partial charge in [-0.3, -0.25) is 14.8 Å². The predicted molar refractivity (Wildman–Crippen MR) is 48.6 cm³/mol. The van der Waals surface area contributed by atoms with Gasteiger partial charge in [-0.25, -0.2) is 0 Å². The van der Waals surface area contributed by atoms with Gasteiger partial charge in [0.05, 0.1) is 11.1 Å². The van der Waals surface area contributed by atoms with Gasteiger partial charge in [0.25, 0.3) is 0 Å². The number of aryl methyl sites for hydroxylation is 1. The lowest BCUT2D eigenvalue weighted by Gasteiger charge is -1.93. The van der Waals surface area contributed by atoms with Gasteiger partial charge in [0.15, 0.2) is 0 Å². The van der Waals surface area contributed by atoms with Gasteiger partial charge in [0.2, 0.25) is 5.70 Å². The molecule has 0 aliphatic rings. The summed E-state index contributed by atoms with van der Waals surface area (Å²) in [6, 6.07) is 0. The zero-order valence-electron chi connectivity index (χ0n) is 7.81. The SMILES string of the molecule is C/C(=C\c1cnn(C)c1C)[N+](=O)[O-]. The quantitative estimate of drug-likeness (QED) is 0.511. The highest BCUT2D eigenvalue weighted by Gasteiger charge is 2.06. The Morgan fingerprint density at radius 1 is 1.77 bits per heavy atom. The molecule has 0 aromatic carbocycles. The predicted octanol–water partition coefficient (Wildman–Crippen LogP) is 1.37. The van der Waals surface area contributed by atoms with E-state index in [0.29, 0.717) is 0 Å². The van der Waals surface area contributed by atoms with Gasteiger partial charge in [-0.1, -0.05) is 0 Å². The van der Waals surface area contributed by atoms with E-state index in [1.807, 2.05) is 6.92 Å². The number of hydrogen-bond donors (Lipinski definition) is 0. The van der Waals surface area contributed by atoms with Gasteiger partial charge in [-0.15, -0.1) is 0 Å². The van der Waals surface area contributed by atoms with Crippen molar-refractivity contribution in [3.05, 3.63) is 33.3 Å². The fourth-order valence-electron chi connectivity index (χ4n) is 0.935. The van der Waals surface area contributed by atoms with Crippen LogP contribution in [0.5, 0.6) is 0 Å². The minimum atomic E-state index is -0.410. The number of rotatable bonds is 2. The number of allylic oxidation sites excluding steroid dienone is 1. The van der Waals surface area contributed by atoms with Crippen molar-refractivity contribution in [2.45, 2.75) is 13.8 Å². The van der Waals surface area contributed by atoms with Crippen LogP contribution in [0.15, 0.2) is 11.9 Å². The third kappa shape index (κ3) is 1.93. The number of hydrogen-bond acceptors (Lipinski definition) is 3. The lowest BCUT2D eigenvalue weighted by molar-refractivity contribution is -0.422. The maximum atomic E-state index is 10.3. The molecule has 13 heavy (non-hydrogen) atoms. The summed E-state index contributed by atoms with van der Waals surface area (Å²) in [4.78, 5) is 9.92. The number of nitrogens with zero attached hydrogens (tertiary/aromatic N) is 3.